The summed E-state index contributed by atoms with van der Waals surface area (Å²) in [7, 11) is 0. The molecule has 0 spiro atoms. The predicted octanol–water partition coefficient (Wildman–Crippen LogP) is 2.48. The number of aliphatic hydroxyl groups is 1. The van der Waals surface area contributed by atoms with Gasteiger partial charge >= 0.3 is 0 Å². The highest BCUT2D eigenvalue weighted by Crippen LogP contribution is 2.26. The predicted molar refractivity (Wildman–Crippen MR) is 78.0 cm³/mol. The maximum atomic E-state index is 12.3. The minimum Gasteiger partial charge on any atom is -0.479 e. The number of rotatable bonds is 3. The number of hydrogen-bond acceptors (Lipinski definition) is 3. The number of para-hydroxylation sites is 1. The first kappa shape index (κ1) is 15.1. The molecule has 0 aliphatic carbocycles. The van der Waals surface area contributed by atoms with Crippen LogP contribution >= 0.6 is 11.6 Å². The molecule has 110 valence electrons. The second-order valence-electron chi connectivity index (χ2n) is 5.51. The summed E-state index contributed by atoms with van der Waals surface area (Å²) in [6.07, 6.45) is 0.604. The number of ether oxygens (including phenoxy) is 1. The summed E-state index contributed by atoms with van der Waals surface area (Å²) < 4.78 is 5.63. The number of likely N-dealkylation sites (tertiary alicyclic amines) is 1. The average Bonchev–Trinajstić information content (AvgIpc) is 2.40. The molecule has 1 heterocycles. The van der Waals surface area contributed by atoms with Crippen molar-refractivity contribution in [3.8, 4) is 5.75 Å². The summed E-state index contributed by atoms with van der Waals surface area (Å²) >= 11 is 6.01. The van der Waals surface area contributed by atoms with E-state index in [1.165, 1.54) is 0 Å². The van der Waals surface area contributed by atoms with E-state index in [0.717, 1.165) is 0 Å². The SMILES string of the molecule is CC(Oc1ccccc1Cl)C(=O)N1CCC(C)(O)CC1. The van der Waals surface area contributed by atoms with E-state index in [9.17, 15) is 9.90 Å². The van der Waals surface area contributed by atoms with Gasteiger partial charge in [-0.25, -0.2) is 0 Å². The number of carbonyl (C=O) groups is 1. The topological polar surface area (TPSA) is 49.8 Å². The molecule has 1 aromatic carbocycles. The van der Waals surface area contributed by atoms with Crippen molar-refractivity contribution in [2.45, 2.75) is 38.4 Å². The van der Waals surface area contributed by atoms with Crippen LogP contribution in [0.5, 0.6) is 5.75 Å². The Labute approximate surface area is 124 Å². The van der Waals surface area contributed by atoms with Crippen LogP contribution in [0.2, 0.25) is 5.02 Å². The lowest BCUT2D eigenvalue weighted by Gasteiger charge is -2.36. The van der Waals surface area contributed by atoms with E-state index >= 15 is 0 Å². The van der Waals surface area contributed by atoms with Crippen molar-refractivity contribution in [1.29, 1.82) is 0 Å². The molecule has 1 aliphatic heterocycles. The zero-order chi connectivity index (χ0) is 14.8. The van der Waals surface area contributed by atoms with Crippen molar-refractivity contribution in [2.24, 2.45) is 0 Å². The molecule has 2 rings (SSSR count). The number of halogens is 1. The third-order valence-electron chi connectivity index (χ3n) is 3.64. The van der Waals surface area contributed by atoms with Gasteiger partial charge in [-0.2, -0.15) is 0 Å². The average molecular weight is 298 g/mol. The molecule has 1 fully saturated rings. The van der Waals surface area contributed by atoms with Gasteiger partial charge in [-0.15, -0.1) is 0 Å². The maximum Gasteiger partial charge on any atom is 0.263 e. The largest absolute Gasteiger partial charge is 0.479 e. The zero-order valence-electron chi connectivity index (χ0n) is 11.8. The van der Waals surface area contributed by atoms with E-state index in [2.05, 4.69) is 0 Å². The van der Waals surface area contributed by atoms with Gasteiger partial charge in [0, 0.05) is 13.1 Å². The number of piperidine rings is 1. The normalized spacial score (nSPS) is 19.5. The third kappa shape index (κ3) is 3.64. The van der Waals surface area contributed by atoms with Gasteiger partial charge in [-0.1, -0.05) is 23.7 Å². The molecule has 0 aromatic heterocycles. The van der Waals surface area contributed by atoms with Gasteiger partial charge in [0.1, 0.15) is 5.75 Å². The van der Waals surface area contributed by atoms with E-state index in [-0.39, 0.29) is 5.91 Å². The zero-order valence-corrected chi connectivity index (χ0v) is 12.6. The van der Waals surface area contributed by atoms with Crippen LogP contribution in [0.1, 0.15) is 26.7 Å². The summed E-state index contributed by atoms with van der Waals surface area (Å²) in [5.74, 6) is 0.444. The summed E-state index contributed by atoms with van der Waals surface area (Å²) in [6, 6.07) is 7.10. The molecule has 1 unspecified atom stereocenters. The van der Waals surface area contributed by atoms with E-state index in [1.54, 1.807) is 30.9 Å². The van der Waals surface area contributed by atoms with Crippen molar-refractivity contribution in [3.63, 3.8) is 0 Å². The quantitative estimate of drug-likeness (QED) is 0.932. The first-order chi connectivity index (χ1) is 9.39. The fourth-order valence-electron chi connectivity index (χ4n) is 2.25. The Morgan fingerprint density at radius 3 is 2.60 bits per heavy atom. The van der Waals surface area contributed by atoms with Crippen molar-refractivity contribution < 1.29 is 14.6 Å². The van der Waals surface area contributed by atoms with Crippen LogP contribution in [-0.4, -0.2) is 40.7 Å². The van der Waals surface area contributed by atoms with Crippen LogP contribution in [0.15, 0.2) is 24.3 Å². The molecule has 0 saturated carbocycles. The van der Waals surface area contributed by atoms with Gasteiger partial charge in [-0.05, 0) is 38.8 Å². The lowest BCUT2D eigenvalue weighted by molar-refractivity contribution is -0.141. The number of benzene rings is 1. The lowest BCUT2D eigenvalue weighted by atomic mass is 9.93. The van der Waals surface area contributed by atoms with Gasteiger partial charge in [0.15, 0.2) is 6.10 Å². The van der Waals surface area contributed by atoms with Crippen LogP contribution in [0.25, 0.3) is 0 Å². The van der Waals surface area contributed by atoms with Gasteiger partial charge in [0.25, 0.3) is 5.91 Å². The monoisotopic (exact) mass is 297 g/mol. The molecule has 1 amide bonds. The number of hydrogen-bond donors (Lipinski definition) is 1. The first-order valence-corrected chi connectivity index (χ1v) is 7.19. The molecule has 1 aromatic rings. The second kappa shape index (κ2) is 6.02. The molecule has 0 radical (unpaired) electrons. The standard InChI is InChI=1S/C15H20ClNO3/c1-11(20-13-6-4-3-5-12(13)16)14(18)17-9-7-15(2,19)8-10-17/h3-6,11,19H,7-10H2,1-2H3. The van der Waals surface area contributed by atoms with Crippen LogP contribution < -0.4 is 4.74 Å². The van der Waals surface area contributed by atoms with Gasteiger partial charge < -0.3 is 14.7 Å². The van der Waals surface area contributed by atoms with E-state index < -0.39 is 11.7 Å². The van der Waals surface area contributed by atoms with Gasteiger partial charge in [0.05, 0.1) is 10.6 Å². The minimum absolute atomic E-state index is 0.0691. The number of amides is 1. The highest BCUT2D eigenvalue weighted by molar-refractivity contribution is 6.32. The Balaban J connectivity index is 1.94. The van der Waals surface area contributed by atoms with Gasteiger partial charge in [-0.3, -0.25) is 4.79 Å². The Morgan fingerprint density at radius 2 is 2.00 bits per heavy atom. The first-order valence-electron chi connectivity index (χ1n) is 6.81. The summed E-state index contributed by atoms with van der Waals surface area (Å²) in [4.78, 5) is 14.0. The molecule has 1 N–H and O–H groups in total. The Morgan fingerprint density at radius 1 is 1.40 bits per heavy atom. The fourth-order valence-corrected chi connectivity index (χ4v) is 2.43. The lowest BCUT2D eigenvalue weighted by Crippen LogP contribution is -2.49. The van der Waals surface area contributed by atoms with Crippen LogP contribution in [0, 0.1) is 0 Å². The molecular formula is C15H20ClNO3. The molecule has 1 atom stereocenters. The van der Waals surface area contributed by atoms with Crippen LogP contribution in [-0.2, 0) is 4.79 Å². The summed E-state index contributed by atoms with van der Waals surface area (Å²) in [5, 5.41) is 10.4. The Hall–Kier alpha value is -1.26. The molecule has 4 nitrogen and oxygen atoms in total. The molecule has 1 aliphatic rings. The smallest absolute Gasteiger partial charge is 0.263 e. The molecule has 0 bridgehead atoms. The Kier molecular flexibility index (Phi) is 4.55. The van der Waals surface area contributed by atoms with Crippen LogP contribution in [0.4, 0.5) is 0 Å². The van der Waals surface area contributed by atoms with Crippen molar-refractivity contribution in [2.75, 3.05) is 13.1 Å². The van der Waals surface area contributed by atoms with E-state index in [1.807, 2.05) is 12.1 Å². The summed E-state index contributed by atoms with van der Waals surface area (Å²) in [6.45, 7) is 4.64. The highest BCUT2D eigenvalue weighted by Gasteiger charge is 2.31. The minimum atomic E-state index is -0.663. The number of carbonyl (C=O) groups excluding carboxylic acids is 1. The number of nitrogens with zero attached hydrogens (tertiary/aromatic N) is 1. The molecule has 20 heavy (non-hydrogen) atoms. The second-order valence-corrected chi connectivity index (χ2v) is 5.92. The maximum absolute atomic E-state index is 12.3. The fraction of sp³-hybridized carbons (Fsp3) is 0.533. The molecular weight excluding hydrogens is 278 g/mol. The summed E-state index contributed by atoms with van der Waals surface area (Å²) in [5.41, 5.74) is -0.663. The molecule has 5 heteroatoms. The molecule has 1 saturated heterocycles. The van der Waals surface area contributed by atoms with E-state index in [0.29, 0.717) is 36.7 Å². The van der Waals surface area contributed by atoms with Crippen LogP contribution in [0.3, 0.4) is 0 Å². The highest BCUT2D eigenvalue weighted by atomic mass is 35.5. The van der Waals surface area contributed by atoms with Crippen molar-refractivity contribution in [3.05, 3.63) is 29.3 Å². The van der Waals surface area contributed by atoms with Crippen molar-refractivity contribution >= 4 is 17.5 Å². The van der Waals surface area contributed by atoms with Gasteiger partial charge in [0.2, 0.25) is 0 Å². The Bertz CT molecular complexity index is 480. The third-order valence-corrected chi connectivity index (χ3v) is 3.95. The van der Waals surface area contributed by atoms with Crippen molar-refractivity contribution in [1.82, 2.24) is 4.90 Å². The van der Waals surface area contributed by atoms with E-state index in [4.69, 9.17) is 16.3 Å².